The van der Waals surface area contributed by atoms with E-state index in [0.717, 1.165) is 23.3 Å². The predicted molar refractivity (Wildman–Crippen MR) is 121 cm³/mol. The molecule has 1 heterocycles. The van der Waals surface area contributed by atoms with Crippen molar-refractivity contribution in [1.82, 2.24) is 5.32 Å². The van der Waals surface area contributed by atoms with Crippen LogP contribution in [-0.4, -0.2) is 32.9 Å². The van der Waals surface area contributed by atoms with Gasteiger partial charge in [0.25, 0.3) is 5.91 Å². The highest BCUT2D eigenvalue weighted by Gasteiger charge is 2.23. The van der Waals surface area contributed by atoms with E-state index >= 15 is 0 Å². The van der Waals surface area contributed by atoms with Gasteiger partial charge in [0.1, 0.15) is 5.76 Å². The summed E-state index contributed by atoms with van der Waals surface area (Å²) in [6, 6.07) is 19.8. The van der Waals surface area contributed by atoms with E-state index in [-0.39, 0.29) is 12.5 Å². The molecule has 6 nitrogen and oxygen atoms in total. The van der Waals surface area contributed by atoms with Crippen molar-refractivity contribution >= 4 is 33.4 Å². The normalized spacial score (nSPS) is 11.2. The number of benzene rings is 2. The lowest BCUT2D eigenvalue weighted by Gasteiger charge is -2.24. The monoisotopic (exact) mass is 444 g/mol. The number of furan rings is 1. The Hall–Kier alpha value is -2.71. The van der Waals surface area contributed by atoms with Gasteiger partial charge < -0.3 is 9.73 Å². The first kappa shape index (κ1) is 22.0. The van der Waals surface area contributed by atoms with Crippen molar-refractivity contribution in [2.24, 2.45) is 0 Å². The van der Waals surface area contributed by atoms with Gasteiger partial charge in [-0.2, -0.15) is 11.8 Å². The fourth-order valence-electron chi connectivity index (χ4n) is 2.91. The molecule has 0 radical (unpaired) electrons. The summed E-state index contributed by atoms with van der Waals surface area (Å²) < 4.78 is 31.6. The summed E-state index contributed by atoms with van der Waals surface area (Å²) in [6.07, 6.45) is 2.79. The molecule has 0 aliphatic heterocycles. The fourth-order valence-corrected chi connectivity index (χ4v) is 4.57. The molecule has 1 aromatic heterocycles. The van der Waals surface area contributed by atoms with E-state index < -0.39 is 10.0 Å². The Labute approximate surface area is 181 Å². The van der Waals surface area contributed by atoms with Crippen LogP contribution in [0.25, 0.3) is 0 Å². The van der Waals surface area contributed by atoms with Crippen molar-refractivity contribution in [3.8, 4) is 0 Å². The maximum atomic E-state index is 12.8. The summed E-state index contributed by atoms with van der Waals surface area (Å²) in [5.74, 6) is 2.04. The van der Waals surface area contributed by atoms with Crippen molar-refractivity contribution in [2.45, 2.75) is 12.3 Å². The first-order chi connectivity index (χ1) is 14.4. The minimum atomic E-state index is -3.59. The Morgan fingerprint density at radius 3 is 2.47 bits per heavy atom. The molecule has 2 aromatic carbocycles. The van der Waals surface area contributed by atoms with Gasteiger partial charge in [-0.25, -0.2) is 8.42 Å². The number of hydrogen-bond acceptors (Lipinski definition) is 5. The molecule has 0 aliphatic rings. The van der Waals surface area contributed by atoms with Crippen LogP contribution in [0.3, 0.4) is 0 Å². The molecule has 1 amide bonds. The van der Waals surface area contributed by atoms with Crippen LogP contribution < -0.4 is 9.62 Å². The van der Waals surface area contributed by atoms with Crippen LogP contribution in [0.2, 0.25) is 0 Å². The average molecular weight is 445 g/mol. The Morgan fingerprint density at radius 2 is 1.77 bits per heavy atom. The Kier molecular flexibility index (Phi) is 7.59. The topological polar surface area (TPSA) is 79.6 Å². The van der Waals surface area contributed by atoms with E-state index in [9.17, 15) is 13.2 Å². The summed E-state index contributed by atoms with van der Waals surface area (Å²) in [7, 11) is -3.59. The highest BCUT2D eigenvalue weighted by Crippen LogP contribution is 2.25. The molecular weight excluding hydrogens is 420 g/mol. The van der Waals surface area contributed by atoms with E-state index in [0.29, 0.717) is 23.5 Å². The zero-order chi connectivity index (χ0) is 21.4. The highest BCUT2D eigenvalue weighted by atomic mass is 32.2. The molecule has 158 valence electrons. The van der Waals surface area contributed by atoms with Crippen molar-refractivity contribution < 1.29 is 17.6 Å². The third-order valence-corrected chi connectivity index (χ3v) is 6.45. The summed E-state index contributed by atoms with van der Waals surface area (Å²) in [4.78, 5) is 12.8. The maximum absolute atomic E-state index is 12.8. The number of para-hydroxylation sites is 1. The lowest BCUT2D eigenvalue weighted by Crippen LogP contribution is -2.33. The number of carbonyl (C=O) groups excluding carboxylic acids is 1. The number of anilines is 1. The van der Waals surface area contributed by atoms with Crippen molar-refractivity contribution in [3.05, 3.63) is 89.9 Å². The van der Waals surface area contributed by atoms with Gasteiger partial charge in [0.05, 0.1) is 36.1 Å². The highest BCUT2D eigenvalue weighted by molar-refractivity contribution is 7.98. The zero-order valence-corrected chi connectivity index (χ0v) is 18.3. The second kappa shape index (κ2) is 10.4. The smallest absolute Gasteiger partial charge is 0.253 e. The zero-order valence-electron chi connectivity index (χ0n) is 16.7. The molecule has 0 atom stereocenters. The van der Waals surface area contributed by atoms with Gasteiger partial charge >= 0.3 is 0 Å². The van der Waals surface area contributed by atoms with Gasteiger partial charge in [0, 0.05) is 12.3 Å². The summed E-state index contributed by atoms with van der Waals surface area (Å²) in [5.41, 5.74) is 1.53. The van der Waals surface area contributed by atoms with Crippen molar-refractivity contribution in [3.63, 3.8) is 0 Å². The number of thioether (sulfide) groups is 1. The van der Waals surface area contributed by atoms with Gasteiger partial charge in [-0.05, 0) is 29.8 Å². The molecule has 3 aromatic rings. The largest absolute Gasteiger partial charge is 0.468 e. The molecule has 0 spiro atoms. The summed E-state index contributed by atoms with van der Waals surface area (Å²) >= 11 is 1.65. The van der Waals surface area contributed by atoms with Crippen LogP contribution in [0.1, 0.15) is 21.7 Å². The molecule has 30 heavy (non-hydrogen) atoms. The van der Waals surface area contributed by atoms with Gasteiger partial charge in [-0.15, -0.1) is 0 Å². The minimum absolute atomic E-state index is 0.156. The van der Waals surface area contributed by atoms with Gasteiger partial charge in [0.15, 0.2) is 0 Å². The number of hydrogen-bond donors (Lipinski definition) is 1. The second-order valence-electron chi connectivity index (χ2n) is 6.66. The predicted octanol–water partition coefficient (Wildman–Crippen LogP) is 3.91. The molecule has 1 N–H and O–H groups in total. The number of nitrogens with zero attached hydrogens (tertiary/aromatic N) is 1. The van der Waals surface area contributed by atoms with Gasteiger partial charge in [-0.3, -0.25) is 9.10 Å². The molecule has 0 fully saturated rings. The van der Waals surface area contributed by atoms with Crippen LogP contribution >= 0.6 is 11.8 Å². The van der Waals surface area contributed by atoms with Crippen molar-refractivity contribution in [1.29, 1.82) is 0 Å². The van der Waals surface area contributed by atoms with Crippen LogP contribution in [0.5, 0.6) is 0 Å². The van der Waals surface area contributed by atoms with E-state index in [1.807, 2.05) is 42.5 Å². The molecule has 0 aliphatic carbocycles. The van der Waals surface area contributed by atoms with Gasteiger partial charge in [-0.1, -0.05) is 42.5 Å². The SMILES string of the molecule is CS(=O)(=O)N(Cc1ccccc1)c1ccccc1C(=O)NCCSCc1ccco1. The Bertz CT molecular complexity index is 1050. The number of amides is 1. The van der Waals surface area contributed by atoms with Crippen LogP contribution in [0, 0.1) is 0 Å². The first-order valence-electron chi connectivity index (χ1n) is 9.44. The second-order valence-corrected chi connectivity index (χ2v) is 9.67. The Balaban J connectivity index is 1.68. The number of carbonyl (C=O) groups is 1. The molecule has 8 heteroatoms. The molecule has 0 unspecified atom stereocenters. The average Bonchev–Trinajstić information content (AvgIpc) is 3.25. The molecule has 3 rings (SSSR count). The third-order valence-electron chi connectivity index (χ3n) is 4.34. The van der Waals surface area contributed by atoms with Crippen LogP contribution in [0.15, 0.2) is 77.4 Å². The summed E-state index contributed by atoms with van der Waals surface area (Å²) in [6.45, 7) is 0.624. The maximum Gasteiger partial charge on any atom is 0.253 e. The van der Waals surface area contributed by atoms with Crippen LogP contribution in [0.4, 0.5) is 5.69 Å². The minimum Gasteiger partial charge on any atom is -0.468 e. The number of nitrogens with one attached hydrogen (secondary N) is 1. The summed E-state index contributed by atoms with van der Waals surface area (Å²) in [5, 5.41) is 2.88. The Morgan fingerprint density at radius 1 is 1.03 bits per heavy atom. The lowest BCUT2D eigenvalue weighted by molar-refractivity contribution is 0.0957. The first-order valence-corrected chi connectivity index (χ1v) is 12.4. The van der Waals surface area contributed by atoms with E-state index in [1.165, 1.54) is 4.31 Å². The standard InChI is InChI=1S/C22H24N2O4S2/c1-30(26,27)24(16-18-8-3-2-4-9-18)21-12-6-5-11-20(21)22(25)23-13-15-29-17-19-10-7-14-28-19/h2-12,14H,13,15-17H2,1H3,(H,23,25). The lowest BCUT2D eigenvalue weighted by atomic mass is 10.1. The fraction of sp³-hybridized carbons (Fsp3) is 0.227. The molecular formula is C22H24N2O4S2. The van der Waals surface area contributed by atoms with Crippen LogP contribution in [-0.2, 0) is 22.3 Å². The van der Waals surface area contributed by atoms with Crippen molar-refractivity contribution in [2.75, 3.05) is 22.9 Å². The quantitative estimate of drug-likeness (QED) is 0.480. The third kappa shape index (κ3) is 6.14. The number of sulfonamides is 1. The number of rotatable bonds is 10. The van der Waals surface area contributed by atoms with E-state index in [1.54, 1.807) is 42.3 Å². The molecule has 0 bridgehead atoms. The van der Waals surface area contributed by atoms with E-state index in [2.05, 4.69) is 5.32 Å². The molecule has 0 saturated heterocycles. The molecule has 0 saturated carbocycles. The van der Waals surface area contributed by atoms with Gasteiger partial charge in [0.2, 0.25) is 10.0 Å². The van der Waals surface area contributed by atoms with E-state index in [4.69, 9.17) is 4.42 Å².